The van der Waals surface area contributed by atoms with E-state index in [1.807, 2.05) is 0 Å². The van der Waals surface area contributed by atoms with Crippen LogP contribution in [-0.2, 0) is 6.61 Å². The van der Waals surface area contributed by atoms with Crippen LogP contribution >= 0.6 is 11.6 Å². The second kappa shape index (κ2) is 7.07. The van der Waals surface area contributed by atoms with E-state index >= 15 is 0 Å². The molecule has 0 saturated carbocycles. The fourth-order valence-electron chi connectivity index (χ4n) is 1.52. The van der Waals surface area contributed by atoms with Crippen molar-refractivity contribution in [2.75, 3.05) is 11.9 Å². The number of rotatable bonds is 6. The number of nitrogens with one attached hydrogen (secondary N) is 1. The molecule has 0 aliphatic carbocycles. The van der Waals surface area contributed by atoms with Crippen LogP contribution in [-0.4, -0.2) is 21.6 Å². The van der Waals surface area contributed by atoms with Crippen LogP contribution in [0.5, 0.6) is 11.6 Å². The summed E-state index contributed by atoms with van der Waals surface area (Å²) in [5, 5.41) is 12.4. The van der Waals surface area contributed by atoms with E-state index in [9.17, 15) is 0 Å². The number of halogens is 1. The Hall–Kier alpha value is -1.85. The van der Waals surface area contributed by atoms with Crippen molar-refractivity contribution in [2.24, 2.45) is 0 Å². The second-order valence-corrected chi connectivity index (χ2v) is 4.58. The van der Waals surface area contributed by atoms with Gasteiger partial charge in [-0.25, -0.2) is 4.98 Å². The molecule has 106 valence electrons. The predicted molar refractivity (Wildman–Crippen MR) is 78.3 cm³/mol. The fourth-order valence-corrected chi connectivity index (χ4v) is 1.65. The van der Waals surface area contributed by atoms with Crippen molar-refractivity contribution in [3.63, 3.8) is 0 Å². The van der Waals surface area contributed by atoms with Gasteiger partial charge in [0.25, 0.3) is 0 Å². The average molecular weight is 294 g/mol. The van der Waals surface area contributed by atoms with Crippen LogP contribution in [0.1, 0.15) is 18.9 Å². The fraction of sp³-hybridized carbons (Fsp3) is 0.286. The predicted octanol–water partition coefficient (Wildman–Crippen LogP) is 3.24. The zero-order valence-corrected chi connectivity index (χ0v) is 11.9. The van der Waals surface area contributed by atoms with Gasteiger partial charge < -0.3 is 15.2 Å². The zero-order chi connectivity index (χ0) is 14.4. The van der Waals surface area contributed by atoms with E-state index in [4.69, 9.17) is 21.4 Å². The van der Waals surface area contributed by atoms with Crippen LogP contribution in [0.3, 0.4) is 0 Å². The third-order valence-corrected chi connectivity index (χ3v) is 2.82. The maximum atomic E-state index is 8.99. The molecule has 1 aromatic carbocycles. The van der Waals surface area contributed by atoms with Crippen LogP contribution in [0.25, 0.3) is 0 Å². The first-order valence-corrected chi connectivity index (χ1v) is 6.74. The molecule has 2 aromatic rings. The van der Waals surface area contributed by atoms with Crippen LogP contribution in [0.4, 0.5) is 5.95 Å². The lowest BCUT2D eigenvalue weighted by Gasteiger charge is -2.09. The monoisotopic (exact) mass is 293 g/mol. The molecule has 20 heavy (non-hydrogen) atoms. The molecule has 1 heterocycles. The highest BCUT2D eigenvalue weighted by Gasteiger charge is 2.08. The molecule has 0 fully saturated rings. The number of aliphatic hydroxyl groups excluding tert-OH is 1. The number of aromatic nitrogens is 2. The average Bonchev–Trinajstić information content (AvgIpc) is 2.49. The van der Waals surface area contributed by atoms with Gasteiger partial charge in [0, 0.05) is 6.54 Å². The van der Waals surface area contributed by atoms with Gasteiger partial charge in [-0.05, 0) is 24.1 Å². The summed E-state index contributed by atoms with van der Waals surface area (Å²) in [4.78, 5) is 8.30. The van der Waals surface area contributed by atoms with Crippen molar-refractivity contribution >= 4 is 17.5 Å². The summed E-state index contributed by atoms with van der Waals surface area (Å²) >= 11 is 6.02. The van der Waals surface area contributed by atoms with E-state index in [0.29, 0.717) is 22.6 Å². The van der Waals surface area contributed by atoms with Crippen LogP contribution in [0.15, 0.2) is 30.5 Å². The van der Waals surface area contributed by atoms with Gasteiger partial charge >= 0.3 is 0 Å². The van der Waals surface area contributed by atoms with Gasteiger partial charge in [-0.2, -0.15) is 4.98 Å². The van der Waals surface area contributed by atoms with Crippen molar-refractivity contribution in [1.29, 1.82) is 0 Å². The summed E-state index contributed by atoms with van der Waals surface area (Å²) in [5.41, 5.74) is 0.816. The Morgan fingerprint density at radius 2 is 2.05 bits per heavy atom. The first kappa shape index (κ1) is 14.6. The van der Waals surface area contributed by atoms with Crippen molar-refractivity contribution < 1.29 is 9.84 Å². The second-order valence-electron chi connectivity index (χ2n) is 4.18. The van der Waals surface area contributed by atoms with Gasteiger partial charge in [0.15, 0.2) is 0 Å². The summed E-state index contributed by atoms with van der Waals surface area (Å²) in [6, 6.07) is 7.06. The molecule has 0 amide bonds. The lowest BCUT2D eigenvalue weighted by atomic mass is 10.2. The molecule has 5 nitrogen and oxygen atoms in total. The highest BCUT2D eigenvalue weighted by molar-refractivity contribution is 6.31. The minimum absolute atomic E-state index is 0.000368. The first-order valence-electron chi connectivity index (χ1n) is 6.37. The normalized spacial score (nSPS) is 10.3. The van der Waals surface area contributed by atoms with E-state index in [0.717, 1.165) is 18.5 Å². The van der Waals surface area contributed by atoms with Crippen LogP contribution in [0.2, 0.25) is 5.02 Å². The highest BCUT2D eigenvalue weighted by Crippen LogP contribution is 2.27. The number of nitrogens with zero attached hydrogens (tertiary/aromatic N) is 2. The lowest BCUT2D eigenvalue weighted by molar-refractivity contribution is 0.281. The molecule has 0 aliphatic rings. The van der Waals surface area contributed by atoms with Crippen molar-refractivity contribution in [2.45, 2.75) is 20.0 Å². The molecule has 0 bridgehead atoms. The van der Waals surface area contributed by atoms with Gasteiger partial charge in [-0.15, -0.1) is 0 Å². The van der Waals surface area contributed by atoms with E-state index in [2.05, 4.69) is 22.2 Å². The number of benzene rings is 1. The molecular weight excluding hydrogens is 278 g/mol. The zero-order valence-electron chi connectivity index (χ0n) is 11.1. The minimum Gasteiger partial charge on any atom is -0.437 e. The Kier molecular flexibility index (Phi) is 5.15. The molecular formula is C14H16ClN3O2. The molecule has 2 rings (SSSR count). The Labute approximate surface area is 122 Å². The summed E-state index contributed by atoms with van der Waals surface area (Å²) in [7, 11) is 0. The Bertz CT molecular complexity index is 561. The lowest BCUT2D eigenvalue weighted by Crippen LogP contribution is -2.04. The molecule has 1 aromatic heterocycles. The SMILES string of the molecule is CCCNc1ncc(Cl)c(Oc2ccc(CO)cc2)n1. The minimum atomic E-state index is -0.000368. The van der Waals surface area contributed by atoms with Gasteiger partial charge in [-0.3, -0.25) is 0 Å². The molecule has 0 unspecified atom stereocenters. The first-order chi connectivity index (χ1) is 9.72. The Balaban J connectivity index is 2.14. The van der Waals surface area contributed by atoms with Crippen molar-refractivity contribution in [3.8, 4) is 11.6 Å². The van der Waals surface area contributed by atoms with E-state index in [-0.39, 0.29) is 6.61 Å². The number of hydrogen-bond donors (Lipinski definition) is 2. The summed E-state index contributed by atoms with van der Waals surface area (Å²) in [6.45, 7) is 2.84. The maximum Gasteiger partial charge on any atom is 0.243 e. The molecule has 2 N–H and O–H groups in total. The van der Waals surface area contributed by atoms with Crippen LogP contribution in [0, 0.1) is 0 Å². The molecule has 6 heteroatoms. The standard InChI is InChI=1S/C14H16ClN3O2/c1-2-7-16-14-17-8-12(15)13(18-14)20-11-5-3-10(9-19)4-6-11/h3-6,8,19H,2,7,9H2,1H3,(H,16,17,18). The maximum absolute atomic E-state index is 8.99. The number of aliphatic hydroxyl groups is 1. The molecule has 0 radical (unpaired) electrons. The number of ether oxygens (including phenoxy) is 1. The van der Waals surface area contributed by atoms with E-state index < -0.39 is 0 Å². The molecule has 0 atom stereocenters. The quantitative estimate of drug-likeness (QED) is 0.856. The number of anilines is 1. The van der Waals surface area contributed by atoms with Gasteiger partial charge in [0.2, 0.25) is 11.8 Å². The van der Waals surface area contributed by atoms with Gasteiger partial charge in [0.1, 0.15) is 10.8 Å². The summed E-state index contributed by atoms with van der Waals surface area (Å²) in [5.74, 6) is 1.39. The largest absolute Gasteiger partial charge is 0.437 e. The Morgan fingerprint density at radius 3 is 2.70 bits per heavy atom. The number of hydrogen-bond acceptors (Lipinski definition) is 5. The third kappa shape index (κ3) is 3.82. The topological polar surface area (TPSA) is 67.3 Å². The van der Waals surface area contributed by atoms with Gasteiger partial charge in [-0.1, -0.05) is 30.7 Å². The van der Waals surface area contributed by atoms with E-state index in [1.165, 1.54) is 6.20 Å². The van der Waals surface area contributed by atoms with Crippen molar-refractivity contribution in [1.82, 2.24) is 9.97 Å². The Morgan fingerprint density at radius 1 is 1.30 bits per heavy atom. The summed E-state index contributed by atoms with van der Waals surface area (Å²) < 4.78 is 5.62. The van der Waals surface area contributed by atoms with Crippen molar-refractivity contribution in [3.05, 3.63) is 41.0 Å². The molecule has 0 spiro atoms. The van der Waals surface area contributed by atoms with Crippen LogP contribution < -0.4 is 10.1 Å². The van der Waals surface area contributed by atoms with Gasteiger partial charge in [0.05, 0.1) is 12.8 Å². The molecule has 0 aliphatic heterocycles. The molecule has 0 saturated heterocycles. The summed E-state index contributed by atoms with van der Waals surface area (Å²) in [6.07, 6.45) is 2.48. The third-order valence-electron chi connectivity index (χ3n) is 2.57. The smallest absolute Gasteiger partial charge is 0.243 e. The van der Waals surface area contributed by atoms with E-state index in [1.54, 1.807) is 24.3 Å². The highest BCUT2D eigenvalue weighted by atomic mass is 35.5.